The standard InChI is InChI=1S/C13H13FN2O2/c1-2-7-3-4-9(14)8(5-7)6-16-11-10(15)12(17)13(11)18/h3-5,16H,2,6,15H2,1H3. The number of nitrogens with two attached hydrogens (primary N) is 1. The summed E-state index contributed by atoms with van der Waals surface area (Å²) in [5, 5.41) is 2.70. The first-order valence-electron chi connectivity index (χ1n) is 5.64. The first kappa shape index (κ1) is 12.3. The second-order valence-corrected chi connectivity index (χ2v) is 4.08. The number of nitrogens with one attached hydrogen (secondary N) is 1. The Labute approximate surface area is 103 Å². The van der Waals surface area contributed by atoms with E-state index in [1.165, 1.54) is 6.07 Å². The van der Waals surface area contributed by atoms with Crippen LogP contribution in [-0.2, 0) is 13.0 Å². The van der Waals surface area contributed by atoms with E-state index in [-0.39, 0.29) is 23.7 Å². The minimum atomic E-state index is -0.680. The van der Waals surface area contributed by atoms with Crippen LogP contribution in [0.1, 0.15) is 18.1 Å². The summed E-state index contributed by atoms with van der Waals surface area (Å²) in [6.07, 6.45) is 0.801. The highest BCUT2D eigenvalue weighted by molar-refractivity contribution is 5.71. The Hall–Kier alpha value is -2.17. The predicted octanol–water partition coefficient (Wildman–Crippen LogP) is 1.18. The molecule has 0 saturated carbocycles. The molecule has 0 fully saturated rings. The molecule has 0 radical (unpaired) electrons. The number of rotatable bonds is 4. The van der Waals surface area contributed by atoms with Crippen LogP contribution in [0.15, 0.2) is 27.8 Å². The van der Waals surface area contributed by atoms with Crippen molar-refractivity contribution in [3.05, 3.63) is 55.6 Å². The number of hydrogen-bond acceptors (Lipinski definition) is 4. The van der Waals surface area contributed by atoms with Gasteiger partial charge in [0.25, 0.3) is 10.9 Å². The summed E-state index contributed by atoms with van der Waals surface area (Å²) >= 11 is 0. The average Bonchev–Trinajstić information content (AvgIpc) is 2.40. The molecule has 2 aromatic rings. The van der Waals surface area contributed by atoms with E-state index in [4.69, 9.17) is 5.73 Å². The molecule has 2 rings (SSSR count). The number of aryl methyl sites for hydroxylation is 1. The Morgan fingerprint density at radius 1 is 1.28 bits per heavy atom. The highest BCUT2D eigenvalue weighted by Crippen LogP contribution is 2.15. The first-order valence-corrected chi connectivity index (χ1v) is 5.64. The van der Waals surface area contributed by atoms with Crippen LogP contribution in [0, 0.1) is 5.82 Å². The molecular formula is C13H13FN2O2. The highest BCUT2D eigenvalue weighted by Gasteiger charge is 2.17. The van der Waals surface area contributed by atoms with Gasteiger partial charge in [0.2, 0.25) is 0 Å². The molecule has 94 valence electrons. The van der Waals surface area contributed by atoms with E-state index >= 15 is 0 Å². The van der Waals surface area contributed by atoms with Crippen molar-refractivity contribution >= 4 is 11.4 Å². The van der Waals surface area contributed by atoms with Gasteiger partial charge in [-0.1, -0.05) is 19.1 Å². The van der Waals surface area contributed by atoms with Crippen molar-refractivity contribution in [1.29, 1.82) is 0 Å². The van der Waals surface area contributed by atoms with Crippen LogP contribution >= 0.6 is 0 Å². The first-order chi connectivity index (χ1) is 8.54. The topological polar surface area (TPSA) is 72.2 Å². The van der Waals surface area contributed by atoms with E-state index in [9.17, 15) is 14.0 Å². The van der Waals surface area contributed by atoms with Crippen LogP contribution in [0.4, 0.5) is 15.8 Å². The lowest BCUT2D eigenvalue weighted by molar-refractivity contribution is 0.612. The lowest BCUT2D eigenvalue weighted by Gasteiger charge is -2.11. The molecule has 5 heteroatoms. The third-order valence-corrected chi connectivity index (χ3v) is 2.92. The van der Waals surface area contributed by atoms with Gasteiger partial charge in [0, 0.05) is 12.1 Å². The molecule has 3 N–H and O–H groups in total. The van der Waals surface area contributed by atoms with E-state index in [1.807, 2.05) is 6.92 Å². The van der Waals surface area contributed by atoms with Gasteiger partial charge in [0.15, 0.2) is 0 Å². The Morgan fingerprint density at radius 2 is 2.00 bits per heavy atom. The Kier molecular flexibility index (Phi) is 3.14. The van der Waals surface area contributed by atoms with Crippen LogP contribution in [0.5, 0.6) is 0 Å². The van der Waals surface area contributed by atoms with Gasteiger partial charge in [0.1, 0.15) is 17.2 Å². The lowest BCUT2D eigenvalue weighted by atomic mass is 10.1. The fourth-order valence-corrected chi connectivity index (χ4v) is 1.75. The van der Waals surface area contributed by atoms with Crippen molar-refractivity contribution in [2.75, 3.05) is 11.1 Å². The van der Waals surface area contributed by atoms with Gasteiger partial charge >= 0.3 is 0 Å². The lowest BCUT2D eigenvalue weighted by Crippen LogP contribution is -2.36. The van der Waals surface area contributed by atoms with Crippen molar-refractivity contribution < 1.29 is 4.39 Å². The molecule has 0 aliphatic heterocycles. The molecule has 0 atom stereocenters. The maximum atomic E-state index is 13.5. The van der Waals surface area contributed by atoms with Crippen molar-refractivity contribution in [3.63, 3.8) is 0 Å². The number of hydrogen-bond donors (Lipinski definition) is 2. The zero-order valence-electron chi connectivity index (χ0n) is 9.92. The van der Waals surface area contributed by atoms with E-state index in [0.29, 0.717) is 5.56 Å². The van der Waals surface area contributed by atoms with Gasteiger partial charge in [-0.25, -0.2) is 4.39 Å². The fraction of sp³-hybridized carbons (Fsp3) is 0.231. The summed E-state index contributed by atoms with van der Waals surface area (Å²) in [6.45, 7) is 2.10. The molecule has 0 aliphatic rings. The summed E-state index contributed by atoms with van der Waals surface area (Å²) in [5.41, 5.74) is 5.51. The van der Waals surface area contributed by atoms with Crippen LogP contribution in [-0.4, -0.2) is 0 Å². The van der Waals surface area contributed by atoms with Gasteiger partial charge in [-0.05, 0) is 18.1 Å². The monoisotopic (exact) mass is 248 g/mol. The van der Waals surface area contributed by atoms with Gasteiger partial charge in [-0.2, -0.15) is 0 Å². The fourth-order valence-electron chi connectivity index (χ4n) is 1.75. The Balaban J connectivity index is 2.16. The minimum Gasteiger partial charge on any atom is -0.394 e. The van der Waals surface area contributed by atoms with E-state index in [2.05, 4.69) is 5.32 Å². The van der Waals surface area contributed by atoms with Crippen LogP contribution in [0.3, 0.4) is 0 Å². The largest absolute Gasteiger partial charge is 0.394 e. The molecule has 2 aromatic carbocycles. The Morgan fingerprint density at radius 3 is 2.61 bits per heavy atom. The van der Waals surface area contributed by atoms with Gasteiger partial charge in [-0.15, -0.1) is 0 Å². The summed E-state index contributed by atoms with van der Waals surface area (Å²) in [4.78, 5) is 22.1. The highest BCUT2D eigenvalue weighted by atomic mass is 19.1. The number of halogens is 1. The number of nitrogen functional groups attached to an aromatic ring is 1. The molecular weight excluding hydrogens is 235 g/mol. The van der Waals surface area contributed by atoms with Crippen LogP contribution in [0.2, 0.25) is 0 Å². The summed E-state index contributed by atoms with van der Waals surface area (Å²) in [5.74, 6) is -0.350. The Bertz CT molecular complexity index is 657. The SMILES string of the molecule is CCc1ccc(F)c(CNc2c(N)c(=O)c2=O)c1. The average molecular weight is 248 g/mol. The van der Waals surface area contributed by atoms with Gasteiger partial charge in [0.05, 0.1) is 0 Å². The molecule has 0 bridgehead atoms. The molecule has 0 amide bonds. The van der Waals surface area contributed by atoms with E-state index in [0.717, 1.165) is 12.0 Å². The summed E-state index contributed by atoms with van der Waals surface area (Å²) in [7, 11) is 0. The molecule has 0 aromatic heterocycles. The smallest absolute Gasteiger partial charge is 0.253 e. The van der Waals surface area contributed by atoms with Gasteiger partial charge < -0.3 is 11.1 Å². The summed E-state index contributed by atoms with van der Waals surface area (Å²) < 4.78 is 13.5. The molecule has 0 unspecified atom stereocenters. The zero-order chi connectivity index (χ0) is 13.3. The van der Waals surface area contributed by atoms with Crippen LogP contribution in [0.25, 0.3) is 0 Å². The number of anilines is 2. The normalized spacial score (nSPS) is 10.8. The number of benzene rings is 1. The summed E-state index contributed by atoms with van der Waals surface area (Å²) in [6, 6.07) is 4.83. The molecule has 18 heavy (non-hydrogen) atoms. The second kappa shape index (κ2) is 4.60. The third-order valence-electron chi connectivity index (χ3n) is 2.92. The molecule has 4 nitrogen and oxygen atoms in total. The predicted molar refractivity (Wildman–Crippen MR) is 68.9 cm³/mol. The maximum absolute atomic E-state index is 13.5. The van der Waals surface area contributed by atoms with Crippen molar-refractivity contribution in [3.8, 4) is 0 Å². The maximum Gasteiger partial charge on any atom is 0.253 e. The van der Waals surface area contributed by atoms with Crippen molar-refractivity contribution in [1.82, 2.24) is 0 Å². The quantitative estimate of drug-likeness (QED) is 0.797. The molecule has 0 aliphatic carbocycles. The third kappa shape index (κ3) is 1.99. The molecule has 0 saturated heterocycles. The van der Waals surface area contributed by atoms with Crippen molar-refractivity contribution in [2.45, 2.75) is 19.9 Å². The van der Waals surface area contributed by atoms with Crippen molar-refractivity contribution in [2.24, 2.45) is 0 Å². The second-order valence-electron chi connectivity index (χ2n) is 4.08. The van der Waals surface area contributed by atoms with Gasteiger partial charge in [-0.3, -0.25) is 9.59 Å². The minimum absolute atomic E-state index is 0.0768. The zero-order valence-corrected chi connectivity index (χ0v) is 9.92. The molecule has 0 heterocycles. The van der Waals surface area contributed by atoms with Crippen LogP contribution < -0.4 is 21.9 Å². The van der Waals surface area contributed by atoms with E-state index in [1.54, 1.807) is 12.1 Å². The van der Waals surface area contributed by atoms with E-state index < -0.39 is 10.9 Å². The molecule has 0 spiro atoms.